The normalized spacial score (nSPS) is 11.2. The summed E-state index contributed by atoms with van der Waals surface area (Å²) in [5, 5.41) is 19.1. The Morgan fingerprint density at radius 2 is 1.60 bits per heavy atom. The zero-order valence-electron chi connectivity index (χ0n) is 16.3. The topological polar surface area (TPSA) is 76.1 Å². The van der Waals surface area contributed by atoms with Crippen molar-refractivity contribution < 1.29 is 19.3 Å². The Hall–Kier alpha value is -3.50. The third-order valence-electron chi connectivity index (χ3n) is 4.26. The summed E-state index contributed by atoms with van der Waals surface area (Å²) >= 11 is 3.36. The lowest BCUT2D eigenvalue weighted by Gasteiger charge is -2.10. The maximum absolute atomic E-state index is 9.85. The number of methoxy groups -OCH3 is 1. The minimum atomic E-state index is -0.514. The van der Waals surface area contributed by atoms with E-state index in [4.69, 9.17) is 14.2 Å². The number of halogens is 1. The van der Waals surface area contributed by atoms with Gasteiger partial charge in [-0.2, -0.15) is 0 Å². The maximum atomic E-state index is 9.85. The third kappa shape index (κ3) is 5.52. The molecular weight excluding hydrogens is 448 g/mol. The van der Waals surface area contributed by atoms with Gasteiger partial charge >= 0.3 is 11.6 Å². The van der Waals surface area contributed by atoms with Gasteiger partial charge in [-0.25, -0.2) is 0 Å². The first kappa shape index (κ1) is 21.2. The van der Waals surface area contributed by atoms with Crippen molar-refractivity contribution in [2.75, 3.05) is 7.11 Å². The van der Waals surface area contributed by atoms with Crippen LogP contribution in [0.5, 0.6) is 11.5 Å². The zero-order valence-corrected chi connectivity index (χ0v) is 17.9. The number of aliphatic hydroxyl groups excluding tert-OH is 1. The standard InChI is InChI=1S/C23H19BrN2O4/c1-28-23(27)22(26-25)20-13-18(24)9-12-21(20)30-15-17-7-10-19(11-8-17)29-14-16-5-3-2-4-6-16/h2-13H,14-15H2,1H3/p+1/b23-22+. The molecule has 30 heavy (non-hydrogen) atoms. The average Bonchev–Trinajstić information content (AvgIpc) is 2.79. The Morgan fingerprint density at radius 3 is 2.27 bits per heavy atom. The van der Waals surface area contributed by atoms with Gasteiger partial charge in [-0.05, 0) is 41.5 Å². The van der Waals surface area contributed by atoms with Crippen molar-refractivity contribution in [1.29, 1.82) is 5.39 Å². The van der Waals surface area contributed by atoms with Crippen LogP contribution in [-0.2, 0) is 18.0 Å². The number of nitrogens with zero attached hydrogens (tertiary/aromatic N) is 2. The summed E-state index contributed by atoms with van der Waals surface area (Å²) in [6, 6.07) is 22.7. The quantitative estimate of drug-likeness (QED) is 0.311. The van der Waals surface area contributed by atoms with E-state index in [0.29, 0.717) is 17.9 Å². The molecule has 0 aromatic heterocycles. The summed E-state index contributed by atoms with van der Waals surface area (Å²) in [6.45, 7) is 0.780. The molecule has 0 fully saturated rings. The summed E-state index contributed by atoms with van der Waals surface area (Å²) in [5.41, 5.74) is 2.29. The lowest BCUT2D eigenvalue weighted by Crippen LogP contribution is -2.00. The Bertz CT molecular complexity index is 1060. The number of rotatable bonds is 8. The van der Waals surface area contributed by atoms with Crippen molar-refractivity contribution >= 4 is 21.6 Å². The molecule has 0 amide bonds. The Morgan fingerprint density at radius 1 is 0.933 bits per heavy atom. The highest BCUT2D eigenvalue weighted by molar-refractivity contribution is 9.10. The van der Waals surface area contributed by atoms with Gasteiger partial charge in [-0.15, -0.1) is 0 Å². The minimum Gasteiger partial charge on any atom is -0.489 e. The summed E-state index contributed by atoms with van der Waals surface area (Å²) in [5.74, 6) is 0.681. The van der Waals surface area contributed by atoms with Crippen LogP contribution < -0.4 is 9.47 Å². The number of hydrogen-bond donors (Lipinski definition) is 1. The highest BCUT2D eigenvalue weighted by Gasteiger charge is 2.27. The van der Waals surface area contributed by atoms with E-state index in [-0.39, 0.29) is 12.3 Å². The van der Waals surface area contributed by atoms with E-state index in [1.54, 1.807) is 18.2 Å². The van der Waals surface area contributed by atoms with Crippen LogP contribution in [0.1, 0.15) is 16.7 Å². The molecule has 3 aromatic rings. The van der Waals surface area contributed by atoms with Crippen molar-refractivity contribution in [1.82, 2.24) is 0 Å². The van der Waals surface area contributed by atoms with Crippen LogP contribution in [-0.4, -0.2) is 12.2 Å². The van der Waals surface area contributed by atoms with Crippen LogP contribution in [0.15, 0.2) is 83.2 Å². The van der Waals surface area contributed by atoms with Gasteiger partial charge in [0.25, 0.3) is 0 Å². The first-order valence-electron chi connectivity index (χ1n) is 9.11. The summed E-state index contributed by atoms with van der Waals surface area (Å²) in [7, 11) is 1.28. The second kappa shape index (κ2) is 10.3. The maximum Gasteiger partial charge on any atom is 0.474 e. The lowest BCUT2D eigenvalue weighted by atomic mass is 10.1. The average molecular weight is 468 g/mol. The van der Waals surface area contributed by atoms with Gasteiger partial charge in [0, 0.05) is 4.47 Å². The van der Waals surface area contributed by atoms with Crippen molar-refractivity contribution in [3.05, 3.63) is 105 Å². The van der Waals surface area contributed by atoms with E-state index >= 15 is 0 Å². The molecule has 0 radical (unpaired) electrons. The highest BCUT2D eigenvalue weighted by atomic mass is 79.9. The van der Waals surface area contributed by atoms with Crippen LogP contribution in [0.2, 0.25) is 0 Å². The third-order valence-corrected chi connectivity index (χ3v) is 4.75. The van der Waals surface area contributed by atoms with E-state index in [0.717, 1.165) is 21.3 Å². The van der Waals surface area contributed by atoms with Crippen molar-refractivity contribution in [3.8, 4) is 11.5 Å². The van der Waals surface area contributed by atoms with Crippen LogP contribution >= 0.6 is 15.9 Å². The molecule has 0 saturated carbocycles. The van der Waals surface area contributed by atoms with Crippen molar-refractivity contribution in [2.45, 2.75) is 13.2 Å². The lowest BCUT2D eigenvalue weighted by molar-refractivity contribution is 0.139. The van der Waals surface area contributed by atoms with Gasteiger partial charge in [0.05, 0.1) is 7.11 Å². The number of diazo groups is 1. The molecule has 0 saturated heterocycles. The minimum absolute atomic E-state index is 0.126. The monoisotopic (exact) mass is 467 g/mol. The molecule has 0 aliphatic heterocycles. The van der Waals surface area contributed by atoms with Crippen LogP contribution in [0.3, 0.4) is 0 Å². The number of hydrogen-bond acceptors (Lipinski definition) is 5. The molecule has 3 aromatic carbocycles. The van der Waals surface area contributed by atoms with E-state index in [1.807, 2.05) is 54.6 Å². The van der Waals surface area contributed by atoms with Gasteiger partial charge in [0.2, 0.25) is 5.39 Å². The molecule has 6 nitrogen and oxygen atoms in total. The fourth-order valence-corrected chi connectivity index (χ4v) is 3.07. The van der Waals surface area contributed by atoms with Gasteiger partial charge in [-0.3, -0.25) is 0 Å². The van der Waals surface area contributed by atoms with E-state index < -0.39 is 5.95 Å². The smallest absolute Gasteiger partial charge is 0.474 e. The number of benzene rings is 3. The number of ether oxygens (including phenoxy) is 3. The first-order valence-corrected chi connectivity index (χ1v) is 9.90. The van der Waals surface area contributed by atoms with E-state index in [2.05, 4.69) is 20.9 Å². The Labute approximate surface area is 183 Å². The largest absolute Gasteiger partial charge is 0.489 e. The molecule has 0 aliphatic rings. The van der Waals surface area contributed by atoms with Crippen LogP contribution in [0, 0.1) is 5.39 Å². The second-order valence-corrected chi connectivity index (χ2v) is 7.22. The fraction of sp³-hybridized carbons (Fsp3) is 0.130. The number of aliphatic hydroxyl groups is 1. The first-order chi connectivity index (χ1) is 14.6. The molecule has 3 rings (SSSR count). The van der Waals surface area contributed by atoms with E-state index in [1.165, 1.54) is 7.11 Å². The van der Waals surface area contributed by atoms with Crippen LogP contribution in [0.4, 0.5) is 0 Å². The van der Waals surface area contributed by atoms with Gasteiger partial charge < -0.3 is 19.3 Å². The molecule has 0 atom stereocenters. The molecule has 7 heteroatoms. The summed E-state index contributed by atoms with van der Waals surface area (Å²) in [4.78, 5) is 3.13. The molecule has 0 bridgehead atoms. The highest BCUT2D eigenvalue weighted by Crippen LogP contribution is 2.32. The molecular formula is C23H20BrN2O4+. The molecule has 0 heterocycles. The van der Waals surface area contributed by atoms with Gasteiger partial charge in [0.1, 0.15) is 30.3 Å². The predicted molar refractivity (Wildman–Crippen MR) is 117 cm³/mol. The summed E-state index contributed by atoms with van der Waals surface area (Å²) < 4.78 is 17.2. The van der Waals surface area contributed by atoms with Gasteiger partial charge in [0.15, 0.2) is 4.98 Å². The Balaban J connectivity index is 1.68. The SMILES string of the molecule is CO/C(O)=C(/[N+]#N)c1cc(Br)ccc1OCc1ccc(OCc2ccccc2)cc1. The van der Waals surface area contributed by atoms with Crippen molar-refractivity contribution in [2.24, 2.45) is 0 Å². The van der Waals surface area contributed by atoms with Gasteiger partial charge in [-0.1, -0.05) is 58.4 Å². The molecule has 0 unspecified atom stereocenters. The van der Waals surface area contributed by atoms with E-state index in [9.17, 15) is 10.5 Å². The Kier molecular flexibility index (Phi) is 7.30. The molecule has 152 valence electrons. The van der Waals surface area contributed by atoms with Crippen LogP contribution in [0.25, 0.3) is 10.7 Å². The second-order valence-electron chi connectivity index (χ2n) is 6.31. The molecule has 0 spiro atoms. The summed E-state index contributed by atoms with van der Waals surface area (Å²) in [6.07, 6.45) is 0. The molecule has 0 aliphatic carbocycles. The van der Waals surface area contributed by atoms with Crippen molar-refractivity contribution in [3.63, 3.8) is 0 Å². The zero-order chi connectivity index (χ0) is 21.3. The fourth-order valence-electron chi connectivity index (χ4n) is 2.71. The predicted octanol–water partition coefficient (Wildman–Crippen LogP) is 6.29. The molecule has 1 N–H and O–H groups in total.